The first-order valence-electron chi connectivity index (χ1n) is 6.34. The van der Waals surface area contributed by atoms with Gasteiger partial charge in [0, 0.05) is 0 Å². The van der Waals surface area contributed by atoms with Crippen LogP contribution in [0.5, 0.6) is 0 Å². The Morgan fingerprint density at radius 2 is 0.538 bits per heavy atom. The molecule has 0 atom stereocenters. The first-order valence-corrected chi connectivity index (χ1v) is 7.57. The van der Waals surface area contributed by atoms with Gasteiger partial charge in [-0.1, -0.05) is 54.6 Å². The molecular formula is C18H15F6SSb. The van der Waals surface area contributed by atoms with Crippen LogP contribution in [0.1, 0.15) is 0 Å². The van der Waals surface area contributed by atoms with Crippen LogP contribution >= 0.6 is 0 Å². The van der Waals surface area contributed by atoms with Gasteiger partial charge in [-0.15, -0.1) is 0 Å². The number of rotatable bonds is 3. The van der Waals surface area contributed by atoms with Crippen molar-refractivity contribution in [3.8, 4) is 0 Å². The largest absolute Gasteiger partial charge is 5.00 e. The van der Waals surface area contributed by atoms with Crippen molar-refractivity contribution in [2.45, 2.75) is 14.7 Å². The number of benzene rings is 3. The summed E-state index contributed by atoms with van der Waals surface area (Å²) in [5.41, 5.74) is 0. The number of hydrogen-bond donors (Lipinski definition) is 0. The smallest absolute Gasteiger partial charge is 1.00 e. The molecule has 3 rings (SSSR count). The van der Waals surface area contributed by atoms with Crippen molar-refractivity contribution >= 4 is 35.3 Å². The van der Waals surface area contributed by atoms with Gasteiger partial charge in [-0.3, -0.25) is 0 Å². The van der Waals surface area contributed by atoms with Crippen molar-refractivity contribution in [1.29, 1.82) is 0 Å². The minimum Gasteiger partial charge on any atom is -1.00 e. The van der Waals surface area contributed by atoms with Gasteiger partial charge in [0.2, 0.25) is 0 Å². The molecule has 26 heavy (non-hydrogen) atoms. The molecule has 0 N–H and O–H groups in total. The molecule has 0 aliphatic carbocycles. The molecule has 0 heterocycles. The molecule has 3 aromatic carbocycles. The Hall–Kier alpha value is -1.59. The zero-order valence-electron chi connectivity index (χ0n) is 13.3. The zero-order chi connectivity index (χ0) is 12.9. The molecule has 0 unspecified atom stereocenters. The maximum absolute atomic E-state index is 2.21. The summed E-state index contributed by atoms with van der Waals surface area (Å²) < 4.78 is 0. The summed E-state index contributed by atoms with van der Waals surface area (Å²) in [6.07, 6.45) is 0. The maximum Gasteiger partial charge on any atom is 5.00 e. The van der Waals surface area contributed by atoms with Gasteiger partial charge < -0.3 is 28.2 Å². The minimum atomic E-state index is -0.0146. The quantitative estimate of drug-likeness (QED) is 0.191. The molecule has 0 fully saturated rings. The van der Waals surface area contributed by atoms with Gasteiger partial charge in [-0.05, 0) is 36.4 Å². The van der Waals surface area contributed by atoms with E-state index in [1.807, 2.05) is 0 Å². The molecule has 0 aliphatic heterocycles. The summed E-state index contributed by atoms with van der Waals surface area (Å²) in [6, 6.07) is 32.2. The fourth-order valence-corrected chi connectivity index (χ4v) is 4.18. The average Bonchev–Trinajstić information content (AvgIpc) is 2.51. The summed E-state index contributed by atoms with van der Waals surface area (Å²) in [4.78, 5) is 4.08. The van der Waals surface area contributed by atoms with Crippen LogP contribution in [0.2, 0.25) is 0 Å². The van der Waals surface area contributed by atoms with Crippen LogP contribution in [0.4, 0.5) is 0 Å². The molecule has 0 saturated carbocycles. The van der Waals surface area contributed by atoms with Crippen molar-refractivity contribution in [3.63, 3.8) is 0 Å². The second-order valence-electron chi connectivity index (χ2n) is 4.25. The number of halogens is 6. The maximum atomic E-state index is 2.21. The van der Waals surface area contributed by atoms with Crippen molar-refractivity contribution in [2.75, 3.05) is 0 Å². The standard InChI is InChI=1S/C18H15S.6FH.Sb/c1-4-10-16(11-5-1)19(17-12-6-2-7-13-17)18-14-8-3-9-15-18;;;;;;;/h1-15H;6*1H;/q+1;;;;;;;+5/p-6. The Bertz CT molecular complexity index is 550. The van der Waals surface area contributed by atoms with Gasteiger partial charge in [-0.25, -0.2) is 0 Å². The molecule has 0 aromatic heterocycles. The Morgan fingerprint density at radius 1 is 0.346 bits per heavy atom. The predicted octanol–water partition coefficient (Wildman–Crippen LogP) is -13.6. The van der Waals surface area contributed by atoms with Crippen molar-refractivity contribution < 1.29 is 28.2 Å². The van der Waals surface area contributed by atoms with E-state index in [0.717, 1.165) is 0 Å². The van der Waals surface area contributed by atoms with Gasteiger partial charge in [0.05, 0.1) is 10.9 Å². The molecular weight excluding hydrogens is 484 g/mol. The van der Waals surface area contributed by atoms with Crippen molar-refractivity contribution in [1.82, 2.24) is 0 Å². The Balaban J connectivity index is -0.000000210. The topological polar surface area (TPSA) is 0 Å². The van der Waals surface area contributed by atoms with E-state index in [9.17, 15) is 0 Å². The average molecular weight is 499 g/mol. The first-order chi connectivity index (χ1) is 9.45. The third kappa shape index (κ3) is 8.67. The first kappa shape index (κ1) is 35.5. The molecule has 0 aliphatic rings. The second-order valence-corrected chi connectivity index (χ2v) is 6.27. The Morgan fingerprint density at radius 3 is 0.731 bits per heavy atom. The fraction of sp³-hybridized carbons (Fsp3) is 0. The summed E-state index contributed by atoms with van der Waals surface area (Å²) >= 11 is 0. The molecule has 0 spiro atoms. The van der Waals surface area contributed by atoms with E-state index in [2.05, 4.69) is 91.0 Å². The molecule has 8 heteroatoms. The molecule has 0 saturated heterocycles. The van der Waals surface area contributed by atoms with Crippen LogP contribution < -0.4 is 28.2 Å². The Labute approximate surface area is 169 Å². The summed E-state index contributed by atoms with van der Waals surface area (Å²) in [5, 5.41) is 0. The van der Waals surface area contributed by atoms with E-state index in [1.165, 1.54) is 14.7 Å². The van der Waals surface area contributed by atoms with Crippen LogP contribution in [0.3, 0.4) is 0 Å². The molecule has 3 aromatic rings. The minimum absolute atomic E-state index is 0. The number of hydrogen-bond acceptors (Lipinski definition) is 0. The van der Waals surface area contributed by atoms with E-state index < -0.39 is 0 Å². The van der Waals surface area contributed by atoms with Crippen LogP contribution in [0, 0.1) is 0 Å². The van der Waals surface area contributed by atoms with Gasteiger partial charge in [-0.2, -0.15) is 0 Å². The molecule has 0 nitrogen and oxygen atoms in total. The summed E-state index contributed by atoms with van der Waals surface area (Å²) in [5.74, 6) is 0. The molecule has 0 radical (unpaired) electrons. The van der Waals surface area contributed by atoms with Crippen LogP contribution in [-0.4, -0.2) is 24.4 Å². The summed E-state index contributed by atoms with van der Waals surface area (Å²) in [7, 11) is -0.0146. The normalized spacial score (nSPS) is 7.73. The monoisotopic (exact) mass is 498 g/mol. The Kier molecular flexibility index (Phi) is 24.9. The molecule has 0 amide bonds. The van der Waals surface area contributed by atoms with Crippen molar-refractivity contribution in [2.24, 2.45) is 0 Å². The predicted molar refractivity (Wildman–Crippen MR) is 87.2 cm³/mol. The third-order valence-electron chi connectivity index (χ3n) is 2.94. The summed E-state index contributed by atoms with van der Waals surface area (Å²) in [6.45, 7) is 0. The van der Waals surface area contributed by atoms with E-state index in [1.54, 1.807) is 0 Å². The SMILES string of the molecule is [F-].[F-].[F-].[F-].[F-].[F-].[Sb+5].c1ccc([S+](c2ccccc2)c2ccccc2)cc1. The fourth-order valence-electron chi connectivity index (χ4n) is 2.08. The van der Waals surface area contributed by atoms with Gasteiger partial charge >= 0.3 is 24.4 Å². The van der Waals surface area contributed by atoms with Gasteiger partial charge in [0.1, 0.15) is 0 Å². The molecule has 0 bridgehead atoms. The third-order valence-corrected chi connectivity index (χ3v) is 5.17. The van der Waals surface area contributed by atoms with E-state index in [-0.39, 0.29) is 63.5 Å². The zero-order valence-corrected chi connectivity index (χ0v) is 16.7. The van der Waals surface area contributed by atoms with E-state index in [4.69, 9.17) is 0 Å². The van der Waals surface area contributed by atoms with Gasteiger partial charge in [0.25, 0.3) is 0 Å². The van der Waals surface area contributed by atoms with Gasteiger partial charge in [0.15, 0.2) is 14.7 Å². The van der Waals surface area contributed by atoms with Crippen LogP contribution in [0.15, 0.2) is 106 Å². The van der Waals surface area contributed by atoms with Crippen LogP contribution in [0.25, 0.3) is 0 Å². The van der Waals surface area contributed by atoms with E-state index >= 15 is 0 Å². The molecule has 140 valence electrons. The van der Waals surface area contributed by atoms with E-state index in [0.29, 0.717) is 0 Å². The van der Waals surface area contributed by atoms with Crippen molar-refractivity contribution in [3.05, 3.63) is 91.0 Å². The second kappa shape index (κ2) is 18.2. The van der Waals surface area contributed by atoms with Crippen LogP contribution in [-0.2, 0) is 10.9 Å².